The number of phenolic OH excluding ortho intramolecular Hbond substituents is 1. The Morgan fingerprint density at radius 3 is 2.56 bits per heavy atom. The SMILES string of the molecule is CCc1c(Cl)cc(NN=C(C#N)C#N)c(O)c1Cl. The van der Waals surface area contributed by atoms with Gasteiger partial charge in [-0.15, -0.1) is 0 Å². The van der Waals surface area contributed by atoms with Crippen LogP contribution in [0.3, 0.4) is 0 Å². The highest BCUT2D eigenvalue weighted by molar-refractivity contribution is 6.37. The number of hydrazone groups is 1. The van der Waals surface area contributed by atoms with E-state index in [2.05, 4.69) is 10.5 Å². The van der Waals surface area contributed by atoms with Gasteiger partial charge < -0.3 is 5.11 Å². The summed E-state index contributed by atoms with van der Waals surface area (Å²) >= 11 is 11.9. The van der Waals surface area contributed by atoms with Gasteiger partial charge in [0.1, 0.15) is 17.8 Å². The molecule has 18 heavy (non-hydrogen) atoms. The molecule has 0 fully saturated rings. The minimum Gasteiger partial charge on any atom is -0.504 e. The molecule has 2 N–H and O–H groups in total. The number of nitrogens with one attached hydrogen (secondary N) is 1. The van der Waals surface area contributed by atoms with Crippen molar-refractivity contribution in [1.29, 1.82) is 10.5 Å². The first-order valence-corrected chi connectivity index (χ1v) is 5.64. The van der Waals surface area contributed by atoms with Gasteiger partial charge in [0, 0.05) is 5.02 Å². The summed E-state index contributed by atoms with van der Waals surface area (Å²) in [6.45, 7) is 1.85. The van der Waals surface area contributed by atoms with Crippen molar-refractivity contribution < 1.29 is 5.11 Å². The van der Waals surface area contributed by atoms with E-state index in [0.29, 0.717) is 17.0 Å². The molecule has 7 heteroatoms. The van der Waals surface area contributed by atoms with Crippen molar-refractivity contribution in [3.8, 4) is 17.9 Å². The molecule has 0 amide bonds. The molecule has 0 radical (unpaired) electrons. The Hall–Kier alpha value is -1.95. The molecule has 0 aliphatic rings. The van der Waals surface area contributed by atoms with Crippen LogP contribution in [0, 0.1) is 22.7 Å². The fourth-order valence-electron chi connectivity index (χ4n) is 1.25. The van der Waals surface area contributed by atoms with Gasteiger partial charge in [-0.3, -0.25) is 5.43 Å². The van der Waals surface area contributed by atoms with Crippen LogP contribution in [0.2, 0.25) is 10.0 Å². The summed E-state index contributed by atoms with van der Waals surface area (Å²) < 4.78 is 0. The third-order valence-corrected chi connectivity index (χ3v) is 2.89. The number of benzene rings is 1. The lowest BCUT2D eigenvalue weighted by atomic mass is 10.1. The van der Waals surface area contributed by atoms with Gasteiger partial charge >= 0.3 is 0 Å². The van der Waals surface area contributed by atoms with E-state index in [0.717, 1.165) is 0 Å². The van der Waals surface area contributed by atoms with Gasteiger partial charge in [-0.1, -0.05) is 30.1 Å². The van der Waals surface area contributed by atoms with Gasteiger partial charge in [0.15, 0.2) is 5.75 Å². The highest BCUT2D eigenvalue weighted by Crippen LogP contribution is 2.39. The van der Waals surface area contributed by atoms with Crippen LogP contribution in [0.1, 0.15) is 12.5 Å². The van der Waals surface area contributed by atoms with Gasteiger partial charge in [0.05, 0.1) is 5.02 Å². The normalized spacial score (nSPS) is 9.17. The van der Waals surface area contributed by atoms with Crippen molar-refractivity contribution >= 4 is 34.6 Å². The van der Waals surface area contributed by atoms with Gasteiger partial charge in [-0.05, 0) is 18.1 Å². The van der Waals surface area contributed by atoms with Crippen LogP contribution in [0.15, 0.2) is 11.2 Å². The lowest BCUT2D eigenvalue weighted by Gasteiger charge is -2.10. The lowest BCUT2D eigenvalue weighted by molar-refractivity contribution is 0.477. The summed E-state index contributed by atoms with van der Waals surface area (Å²) in [6.07, 6.45) is 0.566. The predicted molar refractivity (Wildman–Crippen MR) is 69.8 cm³/mol. The topological polar surface area (TPSA) is 92.2 Å². The Morgan fingerprint density at radius 2 is 2.06 bits per heavy atom. The third-order valence-electron chi connectivity index (χ3n) is 2.14. The average Bonchev–Trinajstić information content (AvgIpc) is 2.37. The van der Waals surface area contributed by atoms with Gasteiger partial charge in [0.2, 0.25) is 5.71 Å². The molecule has 92 valence electrons. The molecule has 0 spiro atoms. The zero-order valence-corrected chi connectivity index (χ0v) is 10.8. The maximum absolute atomic E-state index is 9.80. The largest absolute Gasteiger partial charge is 0.504 e. The number of anilines is 1. The Balaban J connectivity index is 3.18. The van der Waals surface area contributed by atoms with Crippen LogP contribution in [0.25, 0.3) is 0 Å². The van der Waals surface area contributed by atoms with Crippen LogP contribution in [-0.2, 0) is 6.42 Å². The standard InChI is InChI=1S/C11H8Cl2N4O/c1-2-7-8(12)3-9(11(18)10(7)13)17-16-6(4-14)5-15/h3,17-18H,2H2,1H3. The van der Waals surface area contributed by atoms with Crippen LogP contribution in [0.4, 0.5) is 5.69 Å². The highest BCUT2D eigenvalue weighted by Gasteiger charge is 2.14. The number of aromatic hydroxyl groups is 1. The van der Waals surface area contributed by atoms with E-state index >= 15 is 0 Å². The Bertz CT molecular complexity index is 568. The van der Waals surface area contributed by atoms with Crippen molar-refractivity contribution in [2.75, 3.05) is 5.43 Å². The van der Waals surface area contributed by atoms with Crippen molar-refractivity contribution in [3.63, 3.8) is 0 Å². The molecule has 0 aliphatic heterocycles. The zero-order chi connectivity index (χ0) is 13.7. The molecule has 0 aromatic heterocycles. The number of hydrogen-bond acceptors (Lipinski definition) is 5. The molecule has 0 aliphatic carbocycles. The van der Waals surface area contributed by atoms with Crippen molar-refractivity contribution in [2.45, 2.75) is 13.3 Å². The molecule has 0 unspecified atom stereocenters. The molecule has 1 aromatic rings. The van der Waals surface area contributed by atoms with E-state index < -0.39 is 0 Å². The van der Waals surface area contributed by atoms with E-state index in [9.17, 15) is 5.11 Å². The smallest absolute Gasteiger partial charge is 0.237 e. The Labute approximate surface area is 114 Å². The van der Waals surface area contributed by atoms with Crippen molar-refractivity contribution in [2.24, 2.45) is 5.10 Å². The third kappa shape index (κ3) is 2.84. The first-order chi connectivity index (χ1) is 8.54. The Morgan fingerprint density at radius 1 is 1.44 bits per heavy atom. The molecule has 5 nitrogen and oxygen atoms in total. The summed E-state index contributed by atoms with van der Waals surface area (Å²) in [5, 5.41) is 30.8. The van der Waals surface area contributed by atoms with Gasteiger partial charge in [0.25, 0.3) is 0 Å². The molecular formula is C11H8Cl2N4O. The maximum atomic E-state index is 9.80. The number of nitriles is 2. The summed E-state index contributed by atoms with van der Waals surface area (Å²) in [6, 6.07) is 4.57. The fourth-order valence-corrected chi connectivity index (χ4v) is 1.97. The quantitative estimate of drug-likeness (QED) is 0.506. The zero-order valence-electron chi connectivity index (χ0n) is 9.33. The molecule has 1 rings (SSSR count). The molecule has 0 atom stereocenters. The van der Waals surface area contributed by atoms with Crippen LogP contribution in [-0.4, -0.2) is 10.8 Å². The van der Waals surface area contributed by atoms with Crippen molar-refractivity contribution in [1.82, 2.24) is 0 Å². The van der Waals surface area contributed by atoms with E-state index in [1.54, 1.807) is 12.1 Å². The predicted octanol–water partition coefficient (Wildman–Crippen LogP) is 3.08. The summed E-state index contributed by atoms with van der Waals surface area (Å²) in [7, 11) is 0. The average molecular weight is 283 g/mol. The summed E-state index contributed by atoms with van der Waals surface area (Å²) in [4.78, 5) is 0. The molecule has 0 bridgehead atoms. The second-order valence-corrected chi connectivity index (χ2v) is 3.98. The van der Waals surface area contributed by atoms with E-state index in [1.807, 2.05) is 6.92 Å². The molecular weight excluding hydrogens is 275 g/mol. The van der Waals surface area contributed by atoms with E-state index in [1.165, 1.54) is 6.07 Å². The lowest BCUT2D eigenvalue weighted by Crippen LogP contribution is -1.98. The molecule has 0 saturated carbocycles. The minimum absolute atomic E-state index is 0.123. The second-order valence-electron chi connectivity index (χ2n) is 3.20. The van der Waals surface area contributed by atoms with Crippen molar-refractivity contribution in [3.05, 3.63) is 21.7 Å². The minimum atomic E-state index is -0.374. The first-order valence-electron chi connectivity index (χ1n) is 4.88. The number of nitrogens with zero attached hydrogens (tertiary/aromatic N) is 3. The summed E-state index contributed by atoms with van der Waals surface area (Å²) in [5.74, 6) is -0.225. The monoisotopic (exact) mass is 282 g/mol. The Kier molecular flexibility index (Phi) is 4.79. The number of hydrogen-bond donors (Lipinski definition) is 2. The van der Waals surface area contributed by atoms with Crippen LogP contribution >= 0.6 is 23.2 Å². The van der Waals surface area contributed by atoms with Crippen LogP contribution in [0.5, 0.6) is 5.75 Å². The van der Waals surface area contributed by atoms with E-state index in [4.69, 9.17) is 33.7 Å². The number of phenols is 1. The van der Waals surface area contributed by atoms with Gasteiger partial charge in [-0.2, -0.15) is 15.6 Å². The van der Waals surface area contributed by atoms with Crippen LogP contribution < -0.4 is 5.43 Å². The molecule has 0 heterocycles. The number of rotatable bonds is 3. The molecule has 1 aromatic carbocycles. The maximum Gasteiger partial charge on any atom is 0.237 e. The first kappa shape index (κ1) is 14.1. The number of halogens is 2. The fraction of sp³-hybridized carbons (Fsp3) is 0.182. The summed E-state index contributed by atoms with van der Waals surface area (Å²) in [5.41, 5.74) is 2.74. The highest BCUT2D eigenvalue weighted by atomic mass is 35.5. The van der Waals surface area contributed by atoms with Gasteiger partial charge in [-0.25, -0.2) is 0 Å². The molecule has 0 saturated heterocycles. The van der Waals surface area contributed by atoms with E-state index in [-0.39, 0.29) is 22.2 Å². The second kappa shape index (κ2) is 6.11.